The van der Waals surface area contributed by atoms with Crippen LogP contribution >= 0.6 is 15.9 Å². The molecule has 1 aromatic carbocycles. The number of hydrogen-bond acceptors (Lipinski definition) is 5. The van der Waals surface area contributed by atoms with Gasteiger partial charge in [-0.15, -0.1) is 0 Å². The molecule has 1 amide bonds. The van der Waals surface area contributed by atoms with Crippen LogP contribution in [0.2, 0.25) is 0 Å². The summed E-state index contributed by atoms with van der Waals surface area (Å²) in [6, 6.07) is 7.44. The number of benzene rings is 1. The molecule has 0 aliphatic rings. The molecule has 0 fully saturated rings. The van der Waals surface area contributed by atoms with Gasteiger partial charge in [-0.2, -0.15) is 0 Å². The van der Waals surface area contributed by atoms with E-state index >= 15 is 0 Å². The molecule has 1 N–H and O–H groups in total. The summed E-state index contributed by atoms with van der Waals surface area (Å²) in [6.45, 7) is 6.96. The van der Waals surface area contributed by atoms with E-state index in [4.69, 9.17) is 9.26 Å². The van der Waals surface area contributed by atoms with Gasteiger partial charge in [0.2, 0.25) is 0 Å². The van der Waals surface area contributed by atoms with E-state index < -0.39 is 5.97 Å². The van der Waals surface area contributed by atoms with E-state index in [1.807, 2.05) is 45.0 Å². The van der Waals surface area contributed by atoms with Crippen LogP contribution in [0.4, 0.5) is 0 Å². The van der Waals surface area contributed by atoms with Gasteiger partial charge in [-0.1, -0.05) is 47.1 Å². The van der Waals surface area contributed by atoms with E-state index in [2.05, 4.69) is 26.4 Å². The van der Waals surface area contributed by atoms with Gasteiger partial charge in [0.1, 0.15) is 5.56 Å². The first kappa shape index (κ1) is 19.2. The van der Waals surface area contributed by atoms with Gasteiger partial charge in [-0.3, -0.25) is 4.79 Å². The maximum Gasteiger partial charge on any atom is 0.344 e. The lowest BCUT2D eigenvalue weighted by molar-refractivity contribution is -0.124. The molecule has 0 spiro atoms. The van der Waals surface area contributed by atoms with Gasteiger partial charge >= 0.3 is 5.97 Å². The van der Waals surface area contributed by atoms with Crippen molar-refractivity contribution in [1.29, 1.82) is 0 Å². The number of esters is 1. The van der Waals surface area contributed by atoms with E-state index in [0.29, 0.717) is 17.0 Å². The highest BCUT2D eigenvalue weighted by atomic mass is 79.9. The van der Waals surface area contributed by atoms with Crippen LogP contribution in [0.15, 0.2) is 33.3 Å². The second-order valence-electron chi connectivity index (χ2n) is 6.08. The van der Waals surface area contributed by atoms with Crippen LogP contribution in [0.5, 0.6) is 0 Å². The highest BCUT2D eigenvalue weighted by molar-refractivity contribution is 9.10. The van der Waals surface area contributed by atoms with E-state index in [1.165, 1.54) is 0 Å². The molecule has 0 radical (unpaired) electrons. The summed E-state index contributed by atoms with van der Waals surface area (Å²) in [5.74, 6) is -0.515. The lowest BCUT2D eigenvalue weighted by atomic mass is 10.1. The van der Waals surface area contributed by atoms with Crippen LogP contribution in [0.25, 0.3) is 0 Å². The summed E-state index contributed by atoms with van der Waals surface area (Å²) in [7, 11) is 0. The van der Waals surface area contributed by atoms with Gasteiger partial charge < -0.3 is 14.6 Å². The first-order valence-corrected chi connectivity index (χ1v) is 8.77. The molecule has 7 heteroatoms. The van der Waals surface area contributed by atoms with Crippen LogP contribution in [0.3, 0.4) is 0 Å². The maximum absolute atomic E-state index is 12.2. The Morgan fingerprint density at radius 2 is 1.88 bits per heavy atom. The highest BCUT2D eigenvalue weighted by Gasteiger charge is 2.24. The molecule has 1 heterocycles. The van der Waals surface area contributed by atoms with Crippen LogP contribution in [-0.2, 0) is 9.53 Å². The predicted octanol–water partition coefficient (Wildman–Crippen LogP) is 3.90. The summed E-state index contributed by atoms with van der Waals surface area (Å²) < 4.78 is 11.2. The molecule has 2 rings (SSSR count). The van der Waals surface area contributed by atoms with E-state index in [-0.39, 0.29) is 24.5 Å². The van der Waals surface area contributed by atoms with Gasteiger partial charge in [0.25, 0.3) is 5.91 Å². The van der Waals surface area contributed by atoms with Crippen molar-refractivity contribution in [3.8, 4) is 0 Å². The summed E-state index contributed by atoms with van der Waals surface area (Å²) in [6.07, 6.45) is 0. The van der Waals surface area contributed by atoms with Crippen molar-refractivity contribution in [1.82, 2.24) is 10.5 Å². The molecule has 1 atom stereocenters. The summed E-state index contributed by atoms with van der Waals surface area (Å²) >= 11 is 3.37. The second kappa shape index (κ2) is 8.29. The predicted molar refractivity (Wildman–Crippen MR) is 96.3 cm³/mol. The molecule has 0 aliphatic heterocycles. The minimum atomic E-state index is -0.603. The number of rotatable bonds is 6. The fraction of sp³-hybridized carbons (Fsp3) is 0.389. The van der Waals surface area contributed by atoms with Crippen molar-refractivity contribution >= 4 is 27.8 Å². The fourth-order valence-corrected chi connectivity index (χ4v) is 2.62. The van der Waals surface area contributed by atoms with Crippen molar-refractivity contribution < 1.29 is 18.8 Å². The molecule has 0 saturated heterocycles. The molecule has 25 heavy (non-hydrogen) atoms. The third-order valence-electron chi connectivity index (χ3n) is 3.70. The minimum absolute atomic E-state index is 0.00463. The van der Waals surface area contributed by atoms with Crippen LogP contribution in [0.1, 0.15) is 60.1 Å². The van der Waals surface area contributed by atoms with E-state index in [0.717, 1.165) is 10.0 Å². The second-order valence-corrected chi connectivity index (χ2v) is 6.99. The number of carbonyl (C=O) groups excluding carboxylic acids is 2. The molecule has 0 aliphatic carbocycles. The largest absolute Gasteiger partial charge is 0.452 e. The van der Waals surface area contributed by atoms with Crippen molar-refractivity contribution in [2.45, 2.75) is 39.7 Å². The normalized spacial score (nSPS) is 12.1. The Balaban J connectivity index is 1.92. The Kier molecular flexibility index (Phi) is 6.36. The maximum atomic E-state index is 12.2. The molecular weight excluding hydrogens is 388 g/mol. The Morgan fingerprint density at radius 3 is 2.48 bits per heavy atom. The van der Waals surface area contributed by atoms with Gasteiger partial charge in [0.15, 0.2) is 12.4 Å². The Hall–Kier alpha value is -2.15. The Morgan fingerprint density at radius 1 is 1.24 bits per heavy atom. The monoisotopic (exact) mass is 408 g/mol. The SMILES string of the molecule is Cc1noc(C(C)C)c1C(=O)OCC(=O)N[C@@H](C)c1ccc(Br)cc1. The quantitative estimate of drug-likeness (QED) is 0.732. The van der Waals surface area contributed by atoms with Crippen molar-refractivity contribution in [3.63, 3.8) is 0 Å². The Bertz CT molecular complexity index is 753. The number of amides is 1. The zero-order valence-electron chi connectivity index (χ0n) is 14.6. The summed E-state index contributed by atoms with van der Waals surface area (Å²) in [5, 5.41) is 6.60. The zero-order valence-corrected chi connectivity index (χ0v) is 16.2. The van der Waals surface area contributed by atoms with E-state index in [1.54, 1.807) is 6.92 Å². The zero-order chi connectivity index (χ0) is 18.6. The lowest BCUT2D eigenvalue weighted by Crippen LogP contribution is -2.31. The van der Waals surface area contributed by atoms with Gasteiger partial charge in [-0.05, 0) is 31.5 Å². The van der Waals surface area contributed by atoms with Crippen LogP contribution in [-0.4, -0.2) is 23.6 Å². The molecule has 134 valence electrons. The van der Waals surface area contributed by atoms with Gasteiger partial charge in [0.05, 0.1) is 11.7 Å². The first-order chi connectivity index (χ1) is 11.8. The van der Waals surface area contributed by atoms with Crippen molar-refractivity contribution in [2.24, 2.45) is 0 Å². The van der Waals surface area contributed by atoms with Crippen LogP contribution in [0, 0.1) is 6.92 Å². The summed E-state index contributed by atoms with van der Waals surface area (Å²) in [5.41, 5.74) is 1.71. The standard InChI is InChI=1S/C18H21BrN2O4/c1-10(2)17-16(12(4)21-25-17)18(23)24-9-15(22)20-11(3)13-5-7-14(19)8-6-13/h5-8,10-11H,9H2,1-4H3,(H,20,22)/t11-/m0/s1. The lowest BCUT2D eigenvalue weighted by Gasteiger charge is -2.14. The van der Waals surface area contributed by atoms with Crippen molar-refractivity contribution in [2.75, 3.05) is 6.61 Å². The minimum Gasteiger partial charge on any atom is -0.452 e. The average molecular weight is 409 g/mol. The number of aryl methyl sites for hydroxylation is 1. The number of ether oxygens (including phenoxy) is 1. The molecule has 2 aromatic rings. The topological polar surface area (TPSA) is 81.4 Å². The summed E-state index contributed by atoms with van der Waals surface area (Å²) in [4.78, 5) is 24.3. The molecule has 0 saturated carbocycles. The molecule has 1 aromatic heterocycles. The first-order valence-electron chi connectivity index (χ1n) is 7.97. The fourth-order valence-electron chi connectivity index (χ4n) is 2.35. The number of hydrogen-bond donors (Lipinski definition) is 1. The third kappa shape index (κ3) is 4.92. The molecule has 0 unspecified atom stereocenters. The molecular formula is C18H21BrN2O4. The van der Waals surface area contributed by atoms with Gasteiger partial charge in [-0.25, -0.2) is 4.79 Å². The number of nitrogens with one attached hydrogen (secondary N) is 1. The van der Waals surface area contributed by atoms with E-state index in [9.17, 15) is 9.59 Å². The number of nitrogens with zero attached hydrogens (tertiary/aromatic N) is 1. The van der Waals surface area contributed by atoms with Gasteiger partial charge in [0, 0.05) is 10.4 Å². The average Bonchev–Trinajstić information content (AvgIpc) is 2.95. The number of carbonyl (C=O) groups is 2. The molecule has 6 nitrogen and oxygen atoms in total. The van der Waals surface area contributed by atoms with Crippen LogP contribution < -0.4 is 5.32 Å². The number of aromatic nitrogens is 1. The molecule has 0 bridgehead atoms. The number of halogens is 1. The highest BCUT2D eigenvalue weighted by Crippen LogP contribution is 2.23. The third-order valence-corrected chi connectivity index (χ3v) is 4.23. The van der Waals surface area contributed by atoms with Crippen molar-refractivity contribution in [3.05, 3.63) is 51.3 Å². The smallest absolute Gasteiger partial charge is 0.344 e. The Labute approximate surface area is 155 Å².